The number of nitrogens with two attached hydrogens (primary N) is 1. The molecule has 0 atom stereocenters. The van der Waals surface area contributed by atoms with Gasteiger partial charge in [-0.2, -0.15) is 0 Å². The quantitative estimate of drug-likeness (QED) is 0.759. The topological polar surface area (TPSA) is 68.3 Å². The Morgan fingerprint density at radius 1 is 1.64 bits per heavy atom. The van der Waals surface area contributed by atoms with Crippen LogP contribution in [0, 0.1) is 6.92 Å². The molecule has 1 heterocycles. The van der Waals surface area contributed by atoms with Crippen LogP contribution in [0.2, 0.25) is 0 Å². The highest BCUT2D eigenvalue weighted by Crippen LogP contribution is 2.08. The third-order valence-corrected chi connectivity index (χ3v) is 1.81. The van der Waals surface area contributed by atoms with Gasteiger partial charge in [0.05, 0.1) is 11.8 Å². The molecule has 14 heavy (non-hydrogen) atoms. The van der Waals surface area contributed by atoms with Gasteiger partial charge in [0.15, 0.2) is 0 Å². The van der Waals surface area contributed by atoms with Gasteiger partial charge in [-0.15, -0.1) is 0 Å². The van der Waals surface area contributed by atoms with Crippen LogP contribution >= 0.6 is 0 Å². The smallest absolute Gasteiger partial charge is 0.254 e. The number of carbonyl (C=O) groups excluding carboxylic acids is 1. The third-order valence-electron chi connectivity index (χ3n) is 1.81. The highest BCUT2D eigenvalue weighted by atomic mass is 16.3. The molecular formula is C10H16N2O2. The molecule has 78 valence electrons. The highest BCUT2D eigenvalue weighted by Gasteiger charge is 2.15. The van der Waals surface area contributed by atoms with Crippen LogP contribution in [-0.2, 0) is 0 Å². The zero-order chi connectivity index (χ0) is 10.8. The molecule has 0 saturated carbocycles. The molecule has 1 rings (SSSR count). The normalized spacial score (nSPS) is 11.4. The van der Waals surface area contributed by atoms with Crippen molar-refractivity contribution in [3.63, 3.8) is 0 Å². The maximum atomic E-state index is 11.5. The van der Waals surface area contributed by atoms with Gasteiger partial charge in [0, 0.05) is 12.1 Å². The summed E-state index contributed by atoms with van der Waals surface area (Å²) in [6, 6.07) is 1.65. The molecule has 0 spiro atoms. The van der Waals surface area contributed by atoms with E-state index in [1.807, 2.05) is 13.8 Å². The first-order chi connectivity index (χ1) is 6.40. The van der Waals surface area contributed by atoms with E-state index >= 15 is 0 Å². The molecule has 4 heteroatoms. The standard InChI is InChI=1S/C10H16N2O2/c1-7-8(4-5-14-7)9(13)12-6-10(2,3)11/h4-5H,6,11H2,1-3H3,(H,12,13). The summed E-state index contributed by atoms with van der Waals surface area (Å²) in [6.07, 6.45) is 1.50. The van der Waals surface area contributed by atoms with Crippen molar-refractivity contribution in [3.05, 3.63) is 23.7 Å². The summed E-state index contributed by atoms with van der Waals surface area (Å²) in [5.41, 5.74) is 5.91. The van der Waals surface area contributed by atoms with Gasteiger partial charge in [-0.25, -0.2) is 0 Å². The Balaban J connectivity index is 2.56. The summed E-state index contributed by atoms with van der Waals surface area (Å²) in [5.74, 6) is 0.479. The number of carbonyl (C=O) groups is 1. The van der Waals surface area contributed by atoms with Gasteiger partial charge in [0.2, 0.25) is 0 Å². The number of hydrogen-bond acceptors (Lipinski definition) is 3. The lowest BCUT2D eigenvalue weighted by atomic mass is 10.1. The van der Waals surface area contributed by atoms with Crippen LogP contribution in [0.5, 0.6) is 0 Å². The summed E-state index contributed by atoms with van der Waals surface area (Å²) < 4.78 is 5.03. The first-order valence-corrected chi connectivity index (χ1v) is 4.51. The Labute approximate surface area is 83.5 Å². The number of furan rings is 1. The maximum Gasteiger partial charge on any atom is 0.254 e. The van der Waals surface area contributed by atoms with Crippen molar-refractivity contribution in [2.45, 2.75) is 26.3 Å². The summed E-state index contributed by atoms with van der Waals surface area (Å²) in [4.78, 5) is 11.5. The van der Waals surface area contributed by atoms with Crippen LogP contribution in [0.4, 0.5) is 0 Å². The number of amides is 1. The van der Waals surface area contributed by atoms with Crippen LogP contribution in [-0.4, -0.2) is 18.0 Å². The fourth-order valence-electron chi connectivity index (χ4n) is 1.02. The predicted octanol–water partition coefficient (Wildman–Crippen LogP) is 1.06. The average molecular weight is 196 g/mol. The third kappa shape index (κ3) is 2.88. The Kier molecular flexibility index (Phi) is 2.96. The van der Waals surface area contributed by atoms with Crippen molar-refractivity contribution in [3.8, 4) is 0 Å². The van der Waals surface area contributed by atoms with E-state index in [9.17, 15) is 4.79 Å². The van der Waals surface area contributed by atoms with Gasteiger partial charge in [-0.3, -0.25) is 4.79 Å². The lowest BCUT2D eigenvalue weighted by Gasteiger charge is -2.18. The van der Waals surface area contributed by atoms with E-state index in [-0.39, 0.29) is 5.91 Å². The first kappa shape index (κ1) is 10.8. The molecule has 0 radical (unpaired) electrons. The Bertz CT molecular complexity index is 323. The molecule has 0 saturated heterocycles. The van der Waals surface area contributed by atoms with Crippen molar-refractivity contribution < 1.29 is 9.21 Å². The second-order valence-electron chi connectivity index (χ2n) is 4.06. The van der Waals surface area contributed by atoms with Gasteiger partial charge in [0.1, 0.15) is 5.76 Å². The SMILES string of the molecule is Cc1occc1C(=O)NCC(C)(C)N. The molecule has 0 bridgehead atoms. The van der Waals surface area contributed by atoms with Crippen LogP contribution in [0.25, 0.3) is 0 Å². The van der Waals surface area contributed by atoms with E-state index in [2.05, 4.69) is 5.32 Å². The molecule has 1 aromatic heterocycles. The van der Waals surface area contributed by atoms with E-state index in [1.165, 1.54) is 6.26 Å². The number of rotatable bonds is 3. The summed E-state index contributed by atoms with van der Waals surface area (Å²) in [7, 11) is 0. The molecule has 1 amide bonds. The largest absolute Gasteiger partial charge is 0.469 e. The molecule has 4 nitrogen and oxygen atoms in total. The molecule has 0 aliphatic heterocycles. The van der Waals surface area contributed by atoms with E-state index < -0.39 is 5.54 Å². The minimum atomic E-state index is -0.396. The van der Waals surface area contributed by atoms with Gasteiger partial charge in [0.25, 0.3) is 5.91 Å². The van der Waals surface area contributed by atoms with Gasteiger partial charge in [-0.1, -0.05) is 0 Å². The molecule has 0 fully saturated rings. The van der Waals surface area contributed by atoms with Crippen molar-refractivity contribution in [2.24, 2.45) is 5.73 Å². The van der Waals surface area contributed by atoms with Crippen LogP contribution in [0.1, 0.15) is 30.0 Å². The van der Waals surface area contributed by atoms with Crippen LogP contribution in [0.15, 0.2) is 16.7 Å². The molecule has 3 N–H and O–H groups in total. The van der Waals surface area contributed by atoms with Crippen LogP contribution < -0.4 is 11.1 Å². The van der Waals surface area contributed by atoms with Crippen molar-refractivity contribution in [1.82, 2.24) is 5.32 Å². The molecule has 0 unspecified atom stereocenters. The molecule has 1 aromatic rings. The summed E-state index contributed by atoms with van der Waals surface area (Å²) >= 11 is 0. The Morgan fingerprint density at radius 3 is 2.71 bits per heavy atom. The van der Waals surface area contributed by atoms with E-state index in [1.54, 1.807) is 13.0 Å². The first-order valence-electron chi connectivity index (χ1n) is 4.51. The fourth-order valence-corrected chi connectivity index (χ4v) is 1.02. The maximum absolute atomic E-state index is 11.5. The highest BCUT2D eigenvalue weighted by molar-refractivity contribution is 5.95. The van der Waals surface area contributed by atoms with Crippen molar-refractivity contribution in [2.75, 3.05) is 6.54 Å². The van der Waals surface area contributed by atoms with Gasteiger partial charge >= 0.3 is 0 Å². The molecule has 0 aliphatic carbocycles. The second-order valence-corrected chi connectivity index (χ2v) is 4.06. The monoisotopic (exact) mass is 196 g/mol. The summed E-state index contributed by atoms with van der Waals surface area (Å²) in [5, 5.41) is 2.74. The minimum absolute atomic E-state index is 0.144. The fraction of sp³-hybridized carbons (Fsp3) is 0.500. The molecule has 0 aliphatic rings. The zero-order valence-corrected chi connectivity index (χ0v) is 8.76. The van der Waals surface area contributed by atoms with E-state index in [4.69, 9.17) is 10.2 Å². The Morgan fingerprint density at radius 2 is 2.29 bits per heavy atom. The molecular weight excluding hydrogens is 180 g/mol. The molecule has 0 aromatic carbocycles. The van der Waals surface area contributed by atoms with Crippen molar-refractivity contribution in [1.29, 1.82) is 0 Å². The van der Waals surface area contributed by atoms with E-state index in [0.717, 1.165) is 0 Å². The summed E-state index contributed by atoms with van der Waals surface area (Å²) in [6.45, 7) is 5.91. The van der Waals surface area contributed by atoms with Crippen molar-refractivity contribution >= 4 is 5.91 Å². The van der Waals surface area contributed by atoms with Gasteiger partial charge < -0.3 is 15.5 Å². The van der Waals surface area contributed by atoms with Gasteiger partial charge in [-0.05, 0) is 26.8 Å². The lowest BCUT2D eigenvalue weighted by Crippen LogP contribution is -2.45. The second kappa shape index (κ2) is 3.84. The lowest BCUT2D eigenvalue weighted by molar-refractivity contribution is 0.0944. The van der Waals surface area contributed by atoms with Crippen LogP contribution in [0.3, 0.4) is 0 Å². The number of hydrogen-bond donors (Lipinski definition) is 2. The zero-order valence-electron chi connectivity index (χ0n) is 8.76. The Hall–Kier alpha value is -1.29. The number of nitrogens with one attached hydrogen (secondary N) is 1. The van der Waals surface area contributed by atoms with E-state index in [0.29, 0.717) is 17.9 Å². The average Bonchev–Trinajstić information content (AvgIpc) is 2.46. The number of aryl methyl sites for hydroxylation is 1. The predicted molar refractivity (Wildman–Crippen MR) is 54.0 cm³/mol. The minimum Gasteiger partial charge on any atom is -0.469 e.